The van der Waals surface area contributed by atoms with Crippen LogP contribution in [0.25, 0.3) is 11.4 Å². The number of aromatic nitrogens is 2. The Bertz CT molecular complexity index is 1100. The molecule has 4 rings (SSSR count). The Morgan fingerprint density at radius 1 is 1.10 bits per heavy atom. The van der Waals surface area contributed by atoms with E-state index in [1.807, 2.05) is 30.3 Å². The minimum absolute atomic E-state index is 0.0978. The van der Waals surface area contributed by atoms with Gasteiger partial charge in [0, 0.05) is 18.7 Å². The van der Waals surface area contributed by atoms with E-state index in [4.69, 9.17) is 4.52 Å². The zero-order chi connectivity index (χ0) is 21.0. The summed E-state index contributed by atoms with van der Waals surface area (Å²) in [6.45, 7) is 0.661. The lowest BCUT2D eigenvalue weighted by Crippen LogP contribution is -2.45. The normalized spacial score (nSPS) is 17.5. The molecule has 8 nitrogen and oxygen atoms in total. The van der Waals surface area contributed by atoms with Gasteiger partial charge in [0.25, 0.3) is 0 Å². The van der Waals surface area contributed by atoms with E-state index in [-0.39, 0.29) is 23.9 Å². The molecule has 1 fully saturated rings. The Morgan fingerprint density at radius 3 is 2.53 bits per heavy atom. The molecule has 1 aromatic heterocycles. The maximum Gasteiger partial charge on any atom is 0.246 e. The number of hydrogen-bond donors (Lipinski definition) is 1. The summed E-state index contributed by atoms with van der Waals surface area (Å²) in [4.78, 5) is 17.2. The van der Waals surface area contributed by atoms with Crippen LogP contribution in [-0.2, 0) is 21.4 Å². The van der Waals surface area contributed by atoms with Crippen molar-refractivity contribution >= 4 is 15.9 Å². The standard InChI is InChI=1S/C21H22N4O4S/c26-21(22-14-19-23-20(24-29-19)16-8-3-1-4-9-16)17-10-7-13-25(15-17)30(27,28)18-11-5-2-6-12-18/h1-6,8-9,11-12,17H,7,10,13-15H2,(H,22,26)/t17-/m1/s1. The summed E-state index contributed by atoms with van der Waals surface area (Å²) in [5, 5.41) is 6.72. The molecule has 156 valence electrons. The summed E-state index contributed by atoms with van der Waals surface area (Å²) in [6.07, 6.45) is 1.26. The SMILES string of the molecule is O=C(NCc1nc(-c2ccccc2)no1)[C@@H]1CCCN(S(=O)(=O)c2ccccc2)C1. The number of carbonyl (C=O) groups excluding carboxylic acids is 1. The third kappa shape index (κ3) is 4.42. The molecule has 2 heterocycles. The highest BCUT2D eigenvalue weighted by Gasteiger charge is 2.33. The molecule has 1 N–H and O–H groups in total. The summed E-state index contributed by atoms with van der Waals surface area (Å²) in [5.74, 6) is 0.112. The molecule has 2 aromatic carbocycles. The Hall–Kier alpha value is -3.04. The predicted octanol–water partition coefficient (Wildman–Crippen LogP) is 2.45. The van der Waals surface area contributed by atoms with Crippen molar-refractivity contribution in [2.24, 2.45) is 5.92 Å². The molecule has 0 spiro atoms. The zero-order valence-corrected chi connectivity index (χ0v) is 17.1. The van der Waals surface area contributed by atoms with Gasteiger partial charge in [-0.3, -0.25) is 4.79 Å². The van der Waals surface area contributed by atoms with E-state index in [0.29, 0.717) is 31.1 Å². The fourth-order valence-electron chi connectivity index (χ4n) is 3.45. The Balaban J connectivity index is 1.37. The van der Waals surface area contributed by atoms with Crippen LogP contribution < -0.4 is 5.32 Å². The van der Waals surface area contributed by atoms with E-state index in [9.17, 15) is 13.2 Å². The minimum Gasteiger partial charge on any atom is -0.347 e. The van der Waals surface area contributed by atoms with Crippen molar-refractivity contribution in [1.82, 2.24) is 19.8 Å². The number of amides is 1. The fraction of sp³-hybridized carbons (Fsp3) is 0.286. The van der Waals surface area contributed by atoms with E-state index in [2.05, 4.69) is 15.5 Å². The van der Waals surface area contributed by atoms with Gasteiger partial charge in [-0.25, -0.2) is 8.42 Å². The van der Waals surface area contributed by atoms with Gasteiger partial charge in [-0.2, -0.15) is 9.29 Å². The van der Waals surface area contributed by atoms with Crippen molar-refractivity contribution in [1.29, 1.82) is 0 Å². The second-order valence-corrected chi connectivity index (χ2v) is 9.05. The van der Waals surface area contributed by atoms with Crippen LogP contribution in [0.15, 0.2) is 70.1 Å². The van der Waals surface area contributed by atoms with Crippen LogP contribution in [0.1, 0.15) is 18.7 Å². The number of nitrogens with one attached hydrogen (secondary N) is 1. The highest BCUT2D eigenvalue weighted by Crippen LogP contribution is 2.24. The maximum absolute atomic E-state index is 12.8. The molecule has 0 unspecified atom stereocenters. The summed E-state index contributed by atoms with van der Waals surface area (Å²) in [7, 11) is -3.61. The number of sulfonamides is 1. The van der Waals surface area contributed by atoms with Crippen molar-refractivity contribution in [3.63, 3.8) is 0 Å². The summed E-state index contributed by atoms with van der Waals surface area (Å²) >= 11 is 0. The van der Waals surface area contributed by atoms with Gasteiger partial charge in [0.1, 0.15) is 0 Å². The zero-order valence-electron chi connectivity index (χ0n) is 16.3. The number of carbonyl (C=O) groups is 1. The molecule has 0 saturated carbocycles. The second kappa shape index (κ2) is 8.76. The Kier molecular flexibility index (Phi) is 5.91. The number of benzene rings is 2. The van der Waals surface area contributed by atoms with Crippen LogP contribution in [0.4, 0.5) is 0 Å². The van der Waals surface area contributed by atoms with Crippen molar-refractivity contribution in [3.05, 3.63) is 66.6 Å². The van der Waals surface area contributed by atoms with E-state index in [0.717, 1.165) is 5.56 Å². The molecule has 9 heteroatoms. The molecule has 1 atom stereocenters. The molecular weight excluding hydrogens is 404 g/mol. The highest BCUT2D eigenvalue weighted by molar-refractivity contribution is 7.89. The second-order valence-electron chi connectivity index (χ2n) is 7.11. The maximum atomic E-state index is 12.8. The van der Waals surface area contributed by atoms with Crippen molar-refractivity contribution in [2.75, 3.05) is 13.1 Å². The Labute approximate surface area is 175 Å². The number of piperidine rings is 1. The lowest BCUT2D eigenvalue weighted by atomic mass is 9.99. The van der Waals surface area contributed by atoms with Crippen LogP contribution >= 0.6 is 0 Å². The summed E-state index contributed by atoms with van der Waals surface area (Å²) in [5.41, 5.74) is 0.827. The number of hydrogen-bond acceptors (Lipinski definition) is 6. The van der Waals surface area contributed by atoms with E-state index in [1.165, 1.54) is 4.31 Å². The van der Waals surface area contributed by atoms with Gasteiger partial charge < -0.3 is 9.84 Å². The topological polar surface area (TPSA) is 105 Å². The largest absolute Gasteiger partial charge is 0.347 e. The van der Waals surface area contributed by atoms with Crippen molar-refractivity contribution in [3.8, 4) is 11.4 Å². The first-order valence-electron chi connectivity index (χ1n) is 9.75. The lowest BCUT2D eigenvalue weighted by Gasteiger charge is -2.31. The molecular formula is C21H22N4O4S. The molecule has 1 amide bonds. The molecule has 30 heavy (non-hydrogen) atoms. The Morgan fingerprint density at radius 2 is 1.80 bits per heavy atom. The van der Waals surface area contributed by atoms with Crippen LogP contribution in [0.3, 0.4) is 0 Å². The first-order valence-corrected chi connectivity index (χ1v) is 11.2. The summed E-state index contributed by atoms with van der Waals surface area (Å²) in [6, 6.07) is 17.7. The van der Waals surface area contributed by atoms with Gasteiger partial charge in [-0.05, 0) is 25.0 Å². The number of rotatable bonds is 6. The number of nitrogens with zero attached hydrogens (tertiary/aromatic N) is 3. The lowest BCUT2D eigenvalue weighted by molar-refractivity contribution is -0.126. The molecule has 1 aliphatic heterocycles. The first-order chi connectivity index (χ1) is 14.5. The van der Waals surface area contributed by atoms with Gasteiger partial charge in [0.15, 0.2) is 0 Å². The quantitative estimate of drug-likeness (QED) is 0.649. The van der Waals surface area contributed by atoms with Crippen molar-refractivity contribution in [2.45, 2.75) is 24.3 Å². The molecule has 0 radical (unpaired) electrons. The third-order valence-corrected chi connectivity index (χ3v) is 6.93. The molecule has 1 saturated heterocycles. The summed E-state index contributed by atoms with van der Waals surface area (Å²) < 4.78 is 32.3. The van der Waals surface area contributed by atoms with E-state index < -0.39 is 15.9 Å². The van der Waals surface area contributed by atoms with E-state index >= 15 is 0 Å². The first kappa shape index (κ1) is 20.2. The average Bonchev–Trinajstić information content (AvgIpc) is 3.28. The van der Waals surface area contributed by atoms with Crippen LogP contribution in [0.2, 0.25) is 0 Å². The van der Waals surface area contributed by atoms with Crippen LogP contribution in [0, 0.1) is 5.92 Å². The molecule has 0 aliphatic carbocycles. The van der Waals surface area contributed by atoms with Crippen molar-refractivity contribution < 1.29 is 17.7 Å². The van der Waals surface area contributed by atoms with Gasteiger partial charge in [0.2, 0.25) is 27.6 Å². The minimum atomic E-state index is -3.61. The van der Waals surface area contributed by atoms with Gasteiger partial charge in [-0.15, -0.1) is 0 Å². The van der Waals surface area contributed by atoms with Gasteiger partial charge in [-0.1, -0.05) is 53.7 Å². The highest BCUT2D eigenvalue weighted by atomic mass is 32.2. The fourth-order valence-corrected chi connectivity index (χ4v) is 5.00. The smallest absolute Gasteiger partial charge is 0.246 e. The van der Waals surface area contributed by atoms with Crippen LogP contribution in [0.5, 0.6) is 0 Å². The average molecular weight is 426 g/mol. The molecule has 3 aromatic rings. The monoisotopic (exact) mass is 426 g/mol. The van der Waals surface area contributed by atoms with E-state index in [1.54, 1.807) is 30.3 Å². The predicted molar refractivity (Wildman–Crippen MR) is 110 cm³/mol. The van der Waals surface area contributed by atoms with Gasteiger partial charge in [0.05, 0.1) is 17.4 Å². The molecule has 1 aliphatic rings. The third-order valence-electron chi connectivity index (χ3n) is 5.05. The van der Waals surface area contributed by atoms with Crippen LogP contribution in [-0.4, -0.2) is 41.9 Å². The van der Waals surface area contributed by atoms with Gasteiger partial charge >= 0.3 is 0 Å². The molecule has 0 bridgehead atoms.